The van der Waals surface area contributed by atoms with Crippen LogP contribution in [0.3, 0.4) is 0 Å². The van der Waals surface area contributed by atoms with Gasteiger partial charge in [-0.1, -0.05) is 6.58 Å². The number of hydrogen-bond donors (Lipinski definition) is 2. The van der Waals surface area contributed by atoms with E-state index in [0.29, 0.717) is 6.54 Å². The molecule has 0 aliphatic carbocycles. The van der Waals surface area contributed by atoms with E-state index in [2.05, 4.69) is 21.6 Å². The zero-order chi connectivity index (χ0) is 9.68. The predicted molar refractivity (Wildman–Crippen MR) is 49.4 cm³/mol. The summed E-state index contributed by atoms with van der Waals surface area (Å²) in [6.45, 7) is 3.87. The monoisotopic (exact) mass is 187 g/mol. The highest BCUT2D eigenvalue weighted by atomic mass is 16.5. The number of rotatable bonds is 0. The second kappa shape index (κ2) is 4.24. The van der Waals surface area contributed by atoms with Crippen LogP contribution in [0.4, 0.5) is 4.79 Å². The third kappa shape index (κ3) is 2.94. The number of carbonyl (C=O) groups excluding carboxylic acids is 2. The molecule has 0 aromatic rings. The maximum Gasteiger partial charge on any atom is 0.414 e. The lowest BCUT2D eigenvalue weighted by atomic mass is 10.4. The van der Waals surface area contributed by atoms with Crippen LogP contribution in [0.2, 0.25) is 0 Å². The summed E-state index contributed by atoms with van der Waals surface area (Å²) < 4.78 is 4.58. The van der Waals surface area contributed by atoms with Gasteiger partial charge in [-0.3, -0.25) is 15.1 Å². The van der Waals surface area contributed by atoms with Crippen LogP contribution in [-0.4, -0.2) is 31.5 Å². The highest BCUT2D eigenvalue weighted by Crippen LogP contribution is 1.87. The molecule has 0 saturated heterocycles. The highest BCUT2D eigenvalue weighted by Gasteiger charge is 2.11. The van der Waals surface area contributed by atoms with Gasteiger partial charge in [0.05, 0.1) is 18.6 Å². The molecule has 74 valence electrons. The molecule has 0 aromatic carbocycles. The van der Waals surface area contributed by atoms with Gasteiger partial charge in [-0.15, -0.1) is 0 Å². The highest BCUT2D eigenvalue weighted by molar-refractivity contribution is 6.02. The van der Waals surface area contributed by atoms with E-state index < -0.39 is 12.0 Å². The predicted octanol–water partition coefficient (Wildman–Crippen LogP) is -0.124. The van der Waals surface area contributed by atoms with Crippen molar-refractivity contribution in [3.05, 3.63) is 12.3 Å². The molecule has 0 fully saturated rings. The van der Waals surface area contributed by atoms with Gasteiger partial charge in [0.15, 0.2) is 0 Å². The van der Waals surface area contributed by atoms with Gasteiger partial charge in [-0.05, 0) is 0 Å². The van der Waals surface area contributed by atoms with Crippen LogP contribution in [0.15, 0.2) is 17.3 Å². The molecule has 1 aliphatic rings. The van der Waals surface area contributed by atoms with Crippen LogP contribution >= 0.6 is 0 Å². The first-order valence-corrected chi connectivity index (χ1v) is 3.62. The Labute approximate surface area is 77.6 Å². The van der Waals surface area contributed by atoms with Gasteiger partial charge in [0.2, 0.25) is 0 Å². The van der Waals surface area contributed by atoms with Gasteiger partial charge in [0.1, 0.15) is 6.61 Å². The van der Waals surface area contributed by atoms with E-state index in [1.165, 1.54) is 6.34 Å². The van der Waals surface area contributed by atoms with Crippen molar-refractivity contribution in [2.24, 2.45) is 4.99 Å². The number of aliphatic imine (C=N–C) groups is 1. The van der Waals surface area contributed by atoms with Crippen LogP contribution < -0.4 is 10.6 Å². The zero-order valence-corrected chi connectivity index (χ0v) is 6.87. The largest absolute Gasteiger partial charge is 0.447 e. The van der Waals surface area contributed by atoms with Gasteiger partial charge < -0.3 is 10.1 Å². The Balaban J connectivity index is 0. The summed E-state index contributed by atoms with van der Waals surface area (Å²) in [4.78, 5) is 25.6. The second-order valence-corrected chi connectivity index (χ2v) is 2.25. The number of hydrogen-bond acceptors (Lipinski definition) is 5. The van der Waals surface area contributed by atoms with E-state index in [0.717, 1.165) is 0 Å². The summed E-state index contributed by atoms with van der Waals surface area (Å²) in [7, 11) is 0. The number of ether oxygens (including phenoxy) is 1. The maximum absolute atomic E-state index is 11.0. The van der Waals surface area contributed by atoms with Crippen molar-refractivity contribution < 1.29 is 17.2 Å². The number of carbonyl (C=O) groups is 2. The number of nitrogens with one attached hydrogen (secondary N) is 2. The fourth-order valence-corrected chi connectivity index (χ4v) is 0.649. The lowest BCUT2D eigenvalue weighted by Gasteiger charge is -2.08. The Hall–Kier alpha value is -1.85. The fourth-order valence-electron chi connectivity index (χ4n) is 0.649. The Kier molecular flexibility index (Phi) is 3.02. The van der Waals surface area contributed by atoms with E-state index in [9.17, 15) is 9.59 Å². The maximum atomic E-state index is 11.0. The molecule has 1 heterocycles. The van der Waals surface area contributed by atoms with E-state index in [1.54, 1.807) is 0 Å². The molecule has 0 saturated carbocycles. The number of amides is 2. The summed E-state index contributed by atoms with van der Waals surface area (Å²) in [5.74, 6) is -0.627. The van der Waals surface area contributed by atoms with Crippen LogP contribution in [0.5, 0.6) is 0 Å². The molecule has 0 unspecified atom stereocenters. The summed E-state index contributed by atoms with van der Waals surface area (Å²) in [6.07, 6.45) is 0.547. The van der Waals surface area contributed by atoms with Gasteiger partial charge >= 0.3 is 6.09 Å². The second-order valence-electron chi connectivity index (χ2n) is 2.25. The summed E-state index contributed by atoms with van der Waals surface area (Å²) >= 11 is 0. The molecule has 1 rings (SSSR count). The Morgan fingerprint density at radius 3 is 3.15 bits per heavy atom. The van der Waals surface area contributed by atoms with Gasteiger partial charge in [-0.25, -0.2) is 4.79 Å². The standard InChI is InChI=1S/C7H9N3O3.2H2/c1-5-6(11)10-7(12)13-3-2-8-4-9-5;;/h4H,1-3H2,(H,8,9)(H,10,11,12);2*1H. The third-order valence-corrected chi connectivity index (χ3v) is 1.27. The van der Waals surface area contributed by atoms with Gasteiger partial charge in [-0.2, -0.15) is 0 Å². The lowest BCUT2D eigenvalue weighted by Crippen LogP contribution is -2.36. The lowest BCUT2D eigenvalue weighted by molar-refractivity contribution is -0.117. The van der Waals surface area contributed by atoms with Crippen LogP contribution in [0.1, 0.15) is 2.85 Å². The van der Waals surface area contributed by atoms with Crippen molar-refractivity contribution in [3.8, 4) is 0 Å². The Bertz CT molecular complexity index is 281. The molecular formula is C7H13N3O3. The third-order valence-electron chi connectivity index (χ3n) is 1.27. The minimum atomic E-state index is -0.787. The molecule has 0 spiro atoms. The zero-order valence-electron chi connectivity index (χ0n) is 6.87. The van der Waals surface area contributed by atoms with Crippen molar-refractivity contribution in [2.45, 2.75) is 0 Å². The molecular weight excluding hydrogens is 174 g/mol. The molecule has 0 radical (unpaired) electrons. The normalized spacial score (nSPS) is 18.6. The SMILES string of the molecule is C=C1NC=NCCOC(=O)NC1=O.[HH].[HH]. The van der Waals surface area contributed by atoms with Crippen molar-refractivity contribution in [1.29, 1.82) is 0 Å². The van der Waals surface area contributed by atoms with E-state index in [4.69, 9.17) is 0 Å². The number of cyclic esters (lactones) is 1. The molecule has 0 aromatic heterocycles. The summed E-state index contributed by atoms with van der Waals surface area (Å²) in [5.41, 5.74) is 0.0441. The smallest absolute Gasteiger partial charge is 0.414 e. The molecule has 1 aliphatic heterocycles. The van der Waals surface area contributed by atoms with E-state index in [1.807, 2.05) is 5.32 Å². The van der Waals surface area contributed by atoms with Gasteiger partial charge in [0, 0.05) is 2.85 Å². The Morgan fingerprint density at radius 1 is 1.62 bits per heavy atom. The van der Waals surface area contributed by atoms with Gasteiger partial charge in [0.25, 0.3) is 5.91 Å². The molecule has 6 heteroatoms. The number of imide groups is 1. The summed E-state index contributed by atoms with van der Waals surface area (Å²) in [5, 5.41) is 4.49. The quantitative estimate of drug-likeness (QED) is 0.518. The van der Waals surface area contributed by atoms with Crippen molar-refractivity contribution in [3.63, 3.8) is 0 Å². The Morgan fingerprint density at radius 2 is 2.38 bits per heavy atom. The van der Waals surface area contributed by atoms with Crippen LogP contribution in [-0.2, 0) is 9.53 Å². The first-order chi connectivity index (χ1) is 6.20. The fraction of sp³-hybridized carbons (Fsp3) is 0.286. The number of nitrogens with zero attached hydrogens (tertiary/aromatic N) is 1. The van der Waals surface area contributed by atoms with Crippen molar-refractivity contribution in [1.82, 2.24) is 10.6 Å². The average molecular weight is 187 g/mol. The van der Waals surface area contributed by atoms with Crippen molar-refractivity contribution in [2.75, 3.05) is 13.2 Å². The first-order valence-electron chi connectivity index (χ1n) is 3.62. The molecule has 0 bridgehead atoms. The summed E-state index contributed by atoms with van der Waals surface area (Å²) in [6, 6.07) is 0. The average Bonchev–Trinajstić information content (AvgIpc) is 2.09. The topological polar surface area (TPSA) is 79.8 Å². The van der Waals surface area contributed by atoms with E-state index in [-0.39, 0.29) is 15.2 Å². The minimum absolute atomic E-state index is 0. The van der Waals surface area contributed by atoms with Crippen molar-refractivity contribution >= 4 is 18.3 Å². The molecule has 6 nitrogen and oxygen atoms in total. The minimum Gasteiger partial charge on any atom is -0.447 e. The van der Waals surface area contributed by atoms with E-state index >= 15 is 0 Å². The molecule has 0 atom stereocenters. The van der Waals surface area contributed by atoms with Crippen LogP contribution in [0.25, 0.3) is 0 Å². The molecule has 2 N–H and O–H groups in total. The number of alkyl carbamates (subject to hydrolysis) is 1. The first kappa shape index (κ1) is 9.24. The molecule has 2 amide bonds. The molecule has 13 heavy (non-hydrogen) atoms. The van der Waals surface area contributed by atoms with Crippen LogP contribution in [0, 0.1) is 0 Å².